The maximum absolute atomic E-state index is 12.5. The normalized spacial score (nSPS) is 11.3. The number of carbonyl (C=O) groups is 1. The molecule has 2 rings (SSSR count). The molecule has 0 aliphatic carbocycles. The molecular weight excluding hydrogens is 349 g/mol. The van der Waals surface area contributed by atoms with E-state index in [0.717, 1.165) is 6.07 Å². The van der Waals surface area contributed by atoms with Crippen molar-refractivity contribution in [2.45, 2.75) is 13.3 Å². The van der Waals surface area contributed by atoms with Gasteiger partial charge in [-0.15, -0.1) is 13.2 Å². The first kappa shape index (κ1) is 15.6. The minimum Gasteiger partial charge on any atom is -0.405 e. The molecular formula is C15H10BrF3O2. The Kier molecular flexibility index (Phi) is 4.37. The molecule has 0 aliphatic heterocycles. The van der Waals surface area contributed by atoms with Crippen LogP contribution in [0.15, 0.2) is 46.9 Å². The molecule has 0 saturated heterocycles. The van der Waals surface area contributed by atoms with Crippen LogP contribution in [0.5, 0.6) is 5.75 Å². The number of ketones is 1. The summed E-state index contributed by atoms with van der Waals surface area (Å²) in [6.07, 6.45) is -4.84. The highest BCUT2D eigenvalue weighted by molar-refractivity contribution is 9.10. The second kappa shape index (κ2) is 5.89. The summed E-state index contributed by atoms with van der Waals surface area (Å²) in [5, 5.41) is 0. The molecule has 0 aliphatic rings. The fourth-order valence-electron chi connectivity index (χ4n) is 1.87. The van der Waals surface area contributed by atoms with E-state index in [1.807, 2.05) is 0 Å². The topological polar surface area (TPSA) is 26.3 Å². The molecule has 0 atom stereocenters. The Bertz CT molecular complexity index is 681. The van der Waals surface area contributed by atoms with Gasteiger partial charge in [0.1, 0.15) is 5.75 Å². The largest absolute Gasteiger partial charge is 0.573 e. The fraction of sp³-hybridized carbons (Fsp3) is 0.133. The predicted molar refractivity (Wildman–Crippen MR) is 75.4 cm³/mol. The molecule has 0 aromatic heterocycles. The fourth-order valence-corrected chi connectivity index (χ4v) is 2.23. The van der Waals surface area contributed by atoms with Crippen LogP contribution >= 0.6 is 15.9 Å². The molecule has 0 fully saturated rings. The van der Waals surface area contributed by atoms with Crippen LogP contribution in [0.25, 0.3) is 0 Å². The van der Waals surface area contributed by atoms with E-state index in [4.69, 9.17) is 0 Å². The van der Waals surface area contributed by atoms with Crippen LogP contribution in [0.3, 0.4) is 0 Å². The summed E-state index contributed by atoms with van der Waals surface area (Å²) in [6.45, 7) is 1.71. The SMILES string of the molecule is Cc1c(Br)cccc1C(=O)c1ccccc1OC(F)(F)F. The van der Waals surface area contributed by atoms with Crippen LogP contribution < -0.4 is 4.74 Å². The maximum atomic E-state index is 12.5. The number of halogens is 4. The van der Waals surface area contributed by atoms with Gasteiger partial charge in [-0.1, -0.05) is 40.2 Å². The van der Waals surface area contributed by atoms with E-state index < -0.39 is 17.9 Å². The third-order valence-corrected chi connectivity index (χ3v) is 3.73. The van der Waals surface area contributed by atoms with Gasteiger partial charge < -0.3 is 4.74 Å². The molecule has 0 bridgehead atoms. The first-order chi connectivity index (χ1) is 9.79. The first-order valence-electron chi connectivity index (χ1n) is 5.94. The van der Waals surface area contributed by atoms with E-state index >= 15 is 0 Å². The van der Waals surface area contributed by atoms with Crippen LogP contribution in [0.4, 0.5) is 13.2 Å². The van der Waals surface area contributed by atoms with Crippen LogP contribution in [-0.4, -0.2) is 12.1 Å². The summed E-state index contributed by atoms with van der Waals surface area (Å²) in [5.74, 6) is -1.02. The second-order valence-electron chi connectivity index (χ2n) is 4.29. The van der Waals surface area contributed by atoms with Crippen molar-refractivity contribution in [2.24, 2.45) is 0 Å². The van der Waals surface area contributed by atoms with Gasteiger partial charge in [0.15, 0.2) is 5.78 Å². The highest BCUT2D eigenvalue weighted by Gasteiger charge is 2.33. The Morgan fingerprint density at radius 1 is 1.05 bits per heavy atom. The number of rotatable bonds is 3. The smallest absolute Gasteiger partial charge is 0.405 e. The minimum atomic E-state index is -4.84. The Hall–Kier alpha value is -1.82. The van der Waals surface area contributed by atoms with E-state index in [9.17, 15) is 18.0 Å². The average Bonchev–Trinajstić information content (AvgIpc) is 2.40. The molecule has 0 saturated carbocycles. The molecule has 2 aromatic carbocycles. The molecule has 0 amide bonds. The zero-order valence-corrected chi connectivity index (χ0v) is 12.5. The Morgan fingerprint density at radius 3 is 2.33 bits per heavy atom. The Labute approximate surface area is 127 Å². The molecule has 2 nitrogen and oxygen atoms in total. The van der Waals surface area contributed by atoms with Crippen LogP contribution in [-0.2, 0) is 0 Å². The number of alkyl halides is 3. The first-order valence-corrected chi connectivity index (χ1v) is 6.73. The van der Waals surface area contributed by atoms with Gasteiger partial charge in [0.05, 0.1) is 5.56 Å². The highest BCUT2D eigenvalue weighted by Crippen LogP contribution is 2.29. The maximum Gasteiger partial charge on any atom is 0.573 e. The number of benzene rings is 2. The molecule has 0 unspecified atom stereocenters. The van der Waals surface area contributed by atoms with Crippen LogP contribution in [0.2, 0.25) is 0 Å². The minimum absolute atomic E-state index is 0.129. The van der Waals surface area contributed by atoms with Gasteiger partial charge in [-0.2, -0.15) is 0 Å². The number of hydrogen-bond acceptors (Lipinski definition) is 2. The molecule has 2 aromatic rings. The summed E-state index contributed by atoms with van der Waals surface area (Å²) in [5.41, 5.74) is 0.850. The predicted octanol–water partition coefficient (Wildman–Crippen LogP) is 4.89. The molecule has 0 heterocycles. The quantitative estimate of drug-likeness (QED) is 0.730. The Morgan fingerprint density at radius 2 is 1.67 bits per heavy atom. The lowest BCUT2D eigenvalue weighted by molar-refractivity contribution is -0.274. The number of hydrogen-bond donors (Lipinski definition) is 0. The summed E-state index contributed by atoms with van der Waals surface area (Å²) in [7, 11) is 0. The summed E-state index contributed by atoms with van der Waals surface area (Å²) in [4.78, 5) is 12.5. The summed E-state index contributed by atoms with van der Waals surface area (Å²) >= 11 is 3.29. The zero-order valence-electron chi connectivity index (χ0n) is 10.9. The van der Waals surface area contributed by atoms with Gasteiger partial charge in [-0.05, 0) is 30.7 Å². The molecule has 21 heavy (non-hydrogen) atoms. The number of carbonyl (C=O) groups excluding carboxylic acids is 1. The molecule has 0 spiro atoms. The average molecular weight is 359 g/mol. The van der Waals surface area contributed by atoms with E-state index in [2.05, 4.69) is 20.7 Å². The van der Waals surface area contributed by atoms with E-state index in [0.29, 0.717) is 15.6 Å². The monoisotopic (exact) mass is 358 g/mol. The van der Waals surface area contributed by atoms with E-state index in [-0.39, 0.29) is 5.56 Å². The number of ether oxygens (including phenoxy) is 1. The van der Waals surface area contributed by atoms with E-state index in [1.165, 1.54) is 18.2 Å². The van der Waals surface area contributed by atoms with Crippen molar-refractivity contribution in [1.29, 1.82) is 0 Å². The van der Waals surface area contributed by atoms with Crippen molar-refractivity contribution in [1.82, 2.24) is 0 Å². The summed E-state index contributed by atoms with van der Waals surface area (Å²) < 4.78 is 41.8. The summed E-state index contributed by atoms with van der Waals surface area (Å²) in [6, 6.07) is 10.3. The van der Waals surface area contributed by atoms with Crippen molar-refractivity contribution in [3.63, 3.8) is 0 Å². The standard InChI is InChI=1S/C15H10BrF3O2/c1-9-10(6-4-7-12(9)16)14(20)11-5-2-3-8-13(11)21-15(17,18)19/h2-8H,1H3. The number of para-hydroxylation sites is 1. The van der Waals surface area contributed by atoms with Gasteiger partial charge in [-0.3, -0.25) is 4.79 Å². The van der Waals surface area contributed by atoms with Crippen LogP contribution in [0.1, 0.15) is 21.5 Å². The van der Waals surface area contributed by atoms with Gasteiger partial charge in [0.2, 0.25) is 0 Å². The van der Waals surface area contributed by atoms with Gasteiger partial charge in [-0.25, -0.2) is 0 Å². The lowest BCUT2D eigenvalue weighted by atomic mass is 9.98. The van der Waals surface area contributed by atoms with Crippen molar-refractivity contribution >= 4 is 21.7 Å². The molecule has 110 valence electrons. The molecule has 0 N–H and O–H groups in total. The molecule has 0 radical (unpaired) electrons. The second-order valence-corrected chi connectivity index (χ2v) is 5.14. The molecule has 6 heteroatoms. The highest BCUT2D eigenvalue weighted by atomic mass is 79.9. The van der Waals surface area contributed by atoms with Gasteiger partial charge in [0, 0.05) is 10.0 Å². The lowest BCUT2D eigenvalue weighted by Gasteiger charge is -2.13. The van der Waals surface area contributed by atoms with Crippen molar-refractivity contribution in [3.8, 4) is 5.75 Å². The van der Waals surface area contributed by atoms with Crippen molar-refractivity contribution < 1.29 is 22.7 Å². The lowest BCUT2D eigenvalue weighted by Crippen LogP contribution is -2.19. The van der Waals surface area contributed by atoms with Gasteiger partial charge in [0.25, 0.3) is 0 Å². The third-order valence-electron chi connectivity index (χ3n) is 2.87. The van der Waals surface area contributed by atoms with Crippen LogP contribution in [0, 0.1) is 6.92 Å². The third kappa shape index (κ3) is 3.64. The zero-order chi connectivity index (χ0) is 15.6. The van der Waals surface area contributed by atoms with Crippen molar-refractivity contribution in [3.05, 3.63) is 63.6 Å². The van der Waals surface area contributed by atoms with E-state index in [1.54, 1.807) is 25.1 Å². The van der Waals surface area contributed by atoms with Gasteiger partial charge >= 0.3 is 6.36 Å². The van der Waals surface area contributed by atoms with Crippen molar-refractivity contribution in [2.75, 3.05) is 0 Å². The Balaban J connectivity index is 2.47.